The number of nitriles is 1. The van der Waals surface area contributed by atoms with Gasteiger partial charge in [-0.3, -0.25) is 9.59 Å². The Labute approximate surface area is 95.0 Å². The lowest BCUT2D eigenvalue weighted by Crippen LogP contribution is -2.49. The lowest BCUT2D eigenvalue weighted by atomic mass is 9.63. The maximum absolute atomic E-state index is 12.0. The fourth-order valence-electron chi connectivity index (χ4n) is 2.14. The molecular formula is C11H16N2O3. The predicted octanol–water partition coefficient (Wildman–Crippen LogP) is 0.558. The van der Waals surface area contributed by atoms with Crippen LogP contribution in [0.3, 0.4) is 0 Å². The normalized spacial score (nSPS) is 27.5. The van der Waals surface area contributed by atoms with Crippen molar-refractivity contribution in [2.24, 2.45) is 11.3 Å². The van der Waals surface area contributed by atoms with E-state index in [0.717, 1.165) is 0 Å². The number of methoxy groups -OCH3 is 1. The molecule has 1 amide bonds. The molecule has 1 saturated carbocycles. The number of hydrogen-bond donors (Lipinski definition) is 0. The zero-order chi connectivity index (χ0) is 12.3. The summed E-state index contributed by atoms with van der Waals surface area (Å²) in [6, 6.07) is 2.07. The molecule has 0 atom stereocenters. The number of nitrogens with zero attached hydrogens (tertiary/aromatic N) is 2. The average molecular weight is 224 g/mol. The molecular weight excluding hydrogens is 208 g/mol. The highest BCUT2D eigenvalue weighted by Crippen LogP contribution is 2.46. The summed E-state index contributed by atoms with van der Waals surface area (Å²) in [5.74, 6) is -0.357. The van der Waals surface area contributed by atoms with E-state index in [1.54, 1.807) is 0 Å². The zero-order valence-corrected chi connectivity index (χ0v) is 9.82. The van der Waals surface area contributed by atoms with E-state index in [2.05, 4.69) is 10.8 Å². The van der Waals surface area contributed by atoms with Crippen molar-refractivity contribution in [1.29, 1.82) is 5.26 Å². The number of amides is 1. The average Bonchev–Trinajstić information content (AvgIpc) is 2.23. The molecule has 0 heterocycles. The van der Waals surface area contributed by atoms with Crippen LogP contribution in [-0.4, -0.2) is 37.5 Å². The van der Waals surface area contributed by atoms with Gasteiger partial charge in [-0.15, -0.1) is 0 Å². The van der Waals surface area contributed by atoms with Gasteiger partial charge in [0.15, 0.2) is 0 Å². The molecule has 0 aromatic heterocycles. The number of ether oxygens (including phenoxy) is 1. The van der Waals surface area contributed by atoms with Gasteiger partial charge in [0, 0.05) is 7.05 Å². The molecule has 5 heteroatoms. The van der Waals surface area contributed by atoms with Gasteiger partial charge in [0.1, 0.15) is 12.0 Å². The lowest BCUT2D eigenvalue weighted by molar-refractivity contribution is -0.152. The first-order valence-corrected chi connectivity index (χ1v) is 5.19. The third-order valence-corrected chi connectivity index (χ3v) is 2.96. The first kappa shape index (κ1) is 12.5. The van der Waals surface area contributed by atoms with Gasteiger partial charge < -0.3 is 9.64 Å². The van der Waals surface area contributed by atoms with Gasteiger partial charge in [0.25, 0.3) is 0 Å². The van der Waals surface area contributed by atoms with Gasteiger partial charge in [0.2, 0.25) is 5.91 Å². The summed E-state index contributed by atoms with van der Waals surface area (Å²) >= 11 is 0. The summed E-state index contributed by atoms with van der Waals surface area (Å²) in [6.07, 6.45) is 1.15. The number of esters is 1. The fourth-order valence-corrected chi connectivity index (χ4v) is 2.14. The summed E-state index contributed by atoms with van der Waals surface area (Å²) in [5, 5.41) is 9.05. The zero-order valence-electron chi connectivity index (χ0n) is 9.82. The molecule has 1 aliphatic carbocycles. The molecule has 1 rings (SSSR count). The van der Waals surface area contributed by atoms with E-state index < -0.39 is 11.4 Å². The topological polar surface area (TPSA) is 70.4 Å². The van der Waals surface area contributed by atoms with E-state index >= 15 is 0 Å². The summed E-state index contributed by atoms with van der Waals surface area (Å²) in [6.45, 7) is 1.90. The van der Waals surface area contributed by atoms with Crippen molar-refractivity contribution in [3.05, 3.63) is 0 Å². The van der Waals surface area contributed by atoms with Crippen molar-refractivity contribution < 1.29 is 14.3 Å². The van der Waals surface area contributed by atoms with E-state index in [9.17, 15) is 9.59 Å². The van der Waals surface area contributed by atoms with Crippen LogP contribution in [-0.2, 0) is 14.3 Å². The minimum atomic E-state index is -0.914. The summed E-state index contributed by atoms with van der Waals surface area (Å²) < 4.78 is 4.47. The van der Waals surface area contributed by atoms with Crippen LogP contribution in [0.2, 0.25) is 0 Å². The molecule has 0 N–H and O–H groups in total. The standard InChI is InChI=1S/C11H16N2O3/c1-8-4-11(5-8,7-12)10(15)13(2)6-9(14)16-3/h8H,4-6H2,1-3H3. The van der Waals surface area contributed by atoms with Gasteiger partial charge in [0.05, 0.1) is 13.2 Å². The largest absolute Gasteiger partial charge is 0.468 e. The van der Waals surface area contributed by atoms with Crippen molar-refractivity contribution in [1.82, 2.24) is 4.90 Å². The molecule has 0 saturated heterocycles. The van der Waals surface area contributed by atoms with Crippen LogP contribution in [0.5, 0.6) is 0 Å². The molecule has 0 aromatic rings. The predicted molar refractivity (Wildman–Crippen MR) is 56.1 cm³/mol. The van der Waals surface area contributed by atoms with Crippen LogP contribution in [0.25, 0.3) is 0 Å². The van der Waals surface area contributed by atoms with Crippen LogP contribution in [0.1, 0.15) is 19.8 Å². The van der Waals surface area contributed by atoms with E-state index in [1.165, 1.54) is 19.1 Å². The second kappa shape index (κ2) is 4.52. The number of carbonyl (C=O) groups excluding carboxylic acids is 2. The second-order valence-electron chi connectivity index (χ2n) is 4.44. The monoisotopic (exact) mass is 224 g/mol. The Morgan fingerprint density at radius 3 is 2.50 bits per heavy atom. The SMILES string of the molecule is COC(=O)CN(C)C(=O)C1(C#N)CC(C)C1. The van der Waals surface area contributed by atoms with Gasteiger partial charge in [-0.05, 0) is 18.8 Å². The number of likely N-dealkylation sites (N-methyl/N-ethyl adjacent to an activating group) is 1. The van der Waals surface area contributed by atoms with E-state index in [4.69, 9.17) is 5.26 Å². The van der Waals surface area contributed by atoms with Crippen LogP contribution in [0.4, 0.5) is 0 Å². The minimum absolute atomic E-state index is 0.104. The molecule has 1 fully saturated rings. The molecule has 16 heavy (non-hydrogen) atoms. The quantitative estimate of drug-likeness (QED) is 0.657. The highest BCUT2D eigenvalue weighted by Gasteiger charge is 2.50. The Morgan fingerprint density at radius 2 is 2.12 bits per heavy atom. The highest BCUT2D eigenvalue weighted by atomic mass is 16.5. The van der Waals surface area contributed by atoms with Crippen molar-refractivity contribution in [2.45, 2.75) is 19.8 Å². The second-order valence-corrected chi connectivity index (χ2v) is 4.44. The van der Waals surface area contributed by atoms with Crippen LogP contribution in [0, 0.1) is 22.7 Å². The third-order valence-electron chi connectivity index (χ3n) is 2.96. The Balaban J connectivity index is 2.64. The molecule has 0 bridgehead atoms. The van der Waals surface area contributed by atoms with Crippen LogP contribution >= 0.6 is 0 Å². The molecule has 0 unspecified atom stereocenters. The maximum atomic E-state index is 12.0. The molecule has 1 aliphatic rings. The van der Waals surface area contributed by atoms with Crippen molar-refractivity contribution in [2.75, 3.05) is 20.7 Å². The first-order chi connectivity index (χ1) is 7.45. The van der Waals surface area contributed by atoms with Gasteiger partial charge in [-0.2, -0.15) is 5.26 Å². The van der Waals surface area contributed by atoms with Crippen LogP contribution < -0.4 is 0 Å². The number of hydrogen-bond acceptors (Lipinski definition) is 4. The number of carbonyl (C=O) groups is 2. The molecule has 0 aromatic carbocycles. The molecule has 5 nitrogen and oxygen atoms in total. The fraction of sp³-hybridized carbons (Fsp3) is 0.727. The Hall–Kier alpha value is -1.57. The van der Waals surface area contributed by atoms with Crippen molar-refractivity contribution in [3.63, 3.8) is 0 Å². The number of rotatable bonds is 3. The summed E-state index contributed by atoms with van der Waals surface area (Å²) in [5.41, 5.74) is -0.914. The highest BCUT2D eigenvalue weighted by molar-refractivity contribution is 5.89. The summed E-state index contributed by atoms with van der Waals surface area (Å²) in [7, 11) is 2.79. The lowest BCUT2D eigenvalue weighted by Gasteiger charge is -2.41. The Kier molecular flexibility index (Phi) is 3.53. The third kappa shape index (κ3) is 2.16. The van der Waals surface area contributed by atoms with Crippen LogP contribution in [0.15, 0.2) is 0 Å². The smallest absolute Gasteiger partial charge is 0.325 e. The van der Waals surface area contributed by atoms with E-state index in [1.807, 2.05) is 6.92 Å². The maximum Gasteiger partial charge on any atom is 0.325 e. The molecule has 88 valence electrons. The minimum Gasteiger partial charge on any atom is -0.468 e. The van der Waals surface area contributed by atoms with E-state index in [-0.39, 0.29) is 12.5 Å². The van der Waals surface area contributed by atoms with Crippen molar-refractivity contribution >= 4 is 11.9 Å². The van der Waals surface area contributed by atoms with E-state index in [0.29, 0.717) is 18.8 Å². The first-order valence-electron chi connectivity index (χ1n) is 5.19. The molecule has 0 aliphatic heterocycles. The van der Waals surface area contributed by atoms with Crippen molar-refractivity contribution in [3.8, 4) is 6.07 Å². The van der Waals surface area contributed by atoms with Gasteiger partial charge in [-0.1, -0.05) is 6.92 Å². The molecule has 0 spiro atoms. The Morgan fingerprint density at radius 1 is 1.56 bits per heavy atom. The molecule has 0 radical (unpaired) electrons. The van der Waals surface area contributed by atoms with Gasteiger partial charge >= 0.3 is 5.97 Å². The summed E-state index contributed by atoms with van der Waals surface area (Å²) in [4.78, 5) is 24.2. The Bertz CT molecular complexity index is 340. The van der Waals surface area contributed by atoms with Gasteiger partial charge in [-0.25, -0.2) is 0 Å².